The minimum Gasteiger partial charge on any atom is -0.479 e. The molecule has 0 saturated carbocycles. The predicted molar refractivity (Wildman–Crippen MR) is 136 cm³/mol. The van der Waals surface area contributed by atoms with Gasteiger partial charge in [-0.3, -0.25) is 9.21 Å². The third-order valence-corrected chi connectivity index (χ3v) is 9.41. The average molecular weight is 552 g/mol. The predicted octanol–water partition coefficient (Wildman–Crippen LogP) is 5.86. The lowest BCUT2D eigenvalue weighted by molar-refractivity contribution is -0.139. The normalized spacial score (nSPS) is 17.8. The summed E-state index contributed by atoms with van der Waals surface area (Å²) < 4.78 is 28.5. The lowest BCUT2D eigenvalue weighted by atomic mass is 10.1. The monoisotopic (exact) mass is 550 g/mol. The topological polar surface area (TPSA) is 77.9 Å². The van der Waals surface area contributed by atoms with Crippen molar-refractivity contribution in [2.75, 3.05) is 23.1 Å². The van der Waals surface area contributed by atoms with Crippen LogP contribution in [-0.2, 0) is 14.8 Å². The van der Waals surface area contributed by atoms with Crippen molar-refractivity contribution in [3.05, 3.63) is 57.5 Å². The molecule has 0 aliphatic carbocycles. The molecule has 1 unspecified atom stereocenters. The van der Waals surface area contributed by atoms with Crippen LogP contribution < -0.4 is 4.31 Å². The molecule has 1 saturated heterocycles. The number of anilines is 1. The fraction of sp³-hybridized carbons (Fsp3) is 0.409. The molecule has 0 spiro atoms. The second kappa shape index (κ2) is 11.5. The molecule has 2 aromatic rings. The van der Waals surface area contributed by atoms with Gasteiger partial charge < -0.3 is 5.11 Å². The Labute approximate surface area is 213 Å². The Morgan fingerprint density at radius 3 is 2.48 bits per heavy atom. The molecule has 180 valence electrons. The van der Waals surface area contributed by atoms with Gasteiger partial charge in [-0.15, -0.1) is 11.8 Å². The summed E-state index contributed by atoms with van der Waals surface area (Å²) in [5, 5.41) is 9.92. The molecule has 1 fully saturated rings. The second-order valence-corrected chi connectivity index (χ2v) is 12.1. The van der Waals surface area contributed by atoms with E-state index in [0.717, 1.165) is 25.1 Å². The van der Waals surface area contributed by atoms with Crippen LogP contribution in [0.2, 0.25) is 15.1 Å². The van der Waals surface area contributed by atoms with Crippen molar-refractivity contribution < 1.29 is 18.3 Å². The number of thioether (sulfide) groups is 1. The number of carbonyl (C=O) groups is 1. The van der Waals surface area contributed by atoms with Gasteiger partial charge in [-0.2, -0.15) is 0 Å². The summed E-state index contributed by atoms with van der Waals surface area (Å²) in [5.41, 5.74) is 0.313. The van der Waals surface area contributed by atoms with Gasteiger partial charge in [-0.05, 0) is 68.8 Å². The van der Waals surface area contributed by atoms with Crippen LogP contribution in [0.4, 0.5) is 5.69 Å². The van der Waals surface area contributed by atoms with Crippen molar-refractivity contribution in [3.63, 3.8) is 0 Å². The van der Waals surface area contributed by atoms with E-state index < -0.39 is 27.4 Å². The van der Waals surface area contributed by atoms with E-state index in [9.17, 15) is 18.3 Å². The van der Waals surface area contributed by atoms with Gasteiger partial charge in [-0.1, -0.05) is 41.2 Å². The first-order chi connectivity index (χ1) is 15.6. The lowest BCUT2D eigenvalue weighted by Gasteiger charge is -2.31. The fourth-order valence-electron chi connectivity index (χ4n) is 3.81. The maximum absolute atomic E-state index is 13.6. The molecule has 2 atom stereocenters. The van der Waals surface area contributed by atoms with E-state index in [1.165, 1.54) is 40.3 Å². The minimum absolute atomic E-state index is 0.105. The van der Waals surface area contributed by atoms with E-state index in [1.54, 1.807) is 18.2 Å². The third kappa shape index (κ3) is 6.50. The quantitative estimate of drug-likeness (QED) is 0.373. The summed E-state index contributed by atoms with van der Waals surface area (Å²) in [5.74, 6) is -0.0185. The van der Waals surface area contributed by atoms with Gasteiger partial charge in [0.05, 0.1) is 15.6 Å². The Balaban J connectivity index is 1.78. The number of benzene rings is 2. The number of hydrogen-bond donors (Lipinski definition) is 1. The van der Waals surface area contributed by atoms with E-state index in [4.69, 9.17) is 34.8 Å². The first-order valence-electron chi connectivity index (χ1n) is 10.4. The Morgan fingerprint density at radius 1 is 1.15 bits per heavy atom. The van der Waals surface area contributed by atoms with E-state index in [-0.39, 0.29) is 9.92 Å². The Hall–Kier alpha value is -1.16. The van der Waals surface area contributed by atoms with Crippen LogP contribution in [0, 0.1) is 0 Å². The molecule has 2 aromatic carbocycles. The van der Waals surface area contributed by atoms with Crippen LogP contribution in [-0.4, -0.2) is 54.7 Å². The van der Waals surface area contributed by atoms with Gasteiger partial charge in [0.2, 0.25) is 0 Å². The molecule has 0 amide bonds. The van der Waals surface area contributed by atoms with Crippen molar-refractivity contribution in [2.24, 2.45) is 0 Å². The molecular formula is C22H25Cl3N2O4S2. The summed E-state index contributed by atoms with van der Waals surface area (Å²) in [7, 11) is -3.94. The summed E-state index contributed by atoms with van der Waals surface area (Å²) >= 11 is 19.9. The summed E-state index contributed by atoms with van der Waals surface area (Å²) in [4.78, 5) is 13.4. The van der Waals surface area contributed by atoms with Crippen LogP contribution >= 0.6 is 46.6 Å². The Bertz CT molecular complexity index is 1080. The van der Waals surface area contributed by atoms with Gasteiger partial charge in [0.25, 0.3) is 10.0 Å². The number of aliphatic carboxylic acids is 1. The van der Waals surface area contributed by atoms with Crippen LogP contribution in [0.5, 0.6) is 0 Å². The van der Waals surface area contributed by atoms with E-state index >= 15 is 0 Å². The van der Waals surface area contributed by atoms with Gasteiger partial charge >= 0.3 is 5.97 Å². The van der Waals surface area contributed by atoms with Crippen molar-refractivity contribution in [1.82, 2.24) is 4.90 Å². The zero-order valence-electron chi connectivity index (χ0n) is 18.0. The highest BCUT2D eigenvalue weighted by Crippen LogP contribution is 2.36. The van der Waals surface area contributed by atoms with E-state index in [1.807, 2.05) is 11.8 Å². The summed E-state index contributed by atoms with van der Waals surface area (Å²) in [6, 6.07) is 10.3. The Morgan fingerprint density at radius 2 is 1.82 bits per heavy atom. The molecule has 11 heteroatoms. The number of carboxylic acids is 1. The van der Waals surface area contributed by atoms with Gasteiger partial charge in [0.15, 0.2) is 5.37 Å². The van der Waals surface area contributed by atoms with Gasteiger partial charge in [0, 0.05) is 28.4 Å². The first-order valence-corrected chi connectivity index (χ1v) is 14.1. The highest BCUT2D eigenvalue weighted by Gasteiger charge is 2.32. The van der Waals surface area contributed by atoms with Crippen molar-refractivity contribution >= 4 is 68.2 Å². The van der Waals surface area contributed by atoms with Gasteiger partial charge in [-0.25, -0.2) is 13.2 Å². The maximum atomic E-state index is 13.6. The molecule has 3 rings (SSSR count). The number of carboxylic acid groups (broad SMARTS) is 1. The molecule has 0 bridgehead atoms. The largest absolute Gasteiger partial charge is 0.479 e. The van der Waals surface area contributed by atoms with Crippen molar-refractivity contribution in [1.29, 1.82) is 0 Å². The Kier molecular flexibility index (Phi) is 9.23. The summed E-state index contributed by atoms with van der Waals surface area (Å²) in [6.07, 6.45) is 2.04. The van der Waals surface area contributed by atoms with E-state index in [0.29, 0.717) is 28.7 Å². The number of unbranched alkanes of at least 4 members (excludes halogenated alkanes) is 1. The van der Waals surface area contributed by atoms with Crippen LogP contribution in [0.3, 0.4) is 0 Å². The number of halogens is 3. The van der Waals surface area contributed by atoms with Gasteiger partial charge in [0.1, 0.15) is 0 Å². The van der Waals surface area contributed by atoms with Crippen molar-refractivity contribution in [3.8, 4) is 0 Å². The summed E-state index contributed by atoms with van der Waals surface area (Å²) in [6.45, 7) is 3.22. The van der Waals surface area contributed by atoms with Crippen LogP contribution in [0.15, 0.2) is 47.4 Å². The third-order valence-electron chi connectivity index (χ3n) is 5.43. The number of nitrogens with zero attached hydrogens (tertiary/aromatic N) is 2. The van der Waals surface area contributed by atoms with E-state index in [2.05, 4.69) is 0 Å². The van der Waals surface area contributed by atoms with Crippen LogP contribution in [0.1, 0.15) is 26.2 Å². The first kappa shape index (κ1) is 26.4. The SMILES string of the molecule is C[C@H](CCCCN1CCSC1C(=O)O)N(c1cc(Cl)ccc1Cl)S(=O)(=O)c1ccc(Cl)cc1. The molecule has 0 radical (unpaired) electrons. The van der Waals surface area contributed by atoms with Crippen molar-refractivity contribution in [2.45, 2.75) is 42.5 Å². The van der Waals surface area contributed by atoms with Crippen LogP contribution in [0.25, 0.3) is 0 Å². The second-order valence-electron chi connectivity index (χ2n) is 7.79. The highest BCUT2D eigenvalue weighted by atomic mass is 35.5. The number of rotatable bonds is 10. The minimum atomic E-state index is -3.94. The average Bonchev–Trinajstić information content (AvgIpc) is 3.23. The smallest absolute Gasteiger partial charge is 0.331 e. The molecule has 1 aliphatic heterocycles. The lowest BCUT2D eigenvalue weighted by Crippen LogP contribution is -2.39. The molecule has 0 aromatic heterocycles. The molecule has 1 aliphatic rings. The molecular weight excluding hydrogens is 527 g/mol. The molecule has 1 heterocycles. The standard InChI is InChI=1S/C22H25Cl3N2O4S2/c1-15(4-2-3-11-26-12-13-32-21(26)22(28)29)27(20-14-17(24)7-10-19(20)25)33(30,31)18-8-5-16(23)6-9-18/h5-10,14-15,21H,2-4,11-13H2,1H3,(H,28,29)/t15-,21?/m1/s1. The molecule has 33 heavy (non-hydrogen) atoms. The zero-order valence-corrected chi connectivity index (χ0v) is 21.9. The number of hydrogen-bond acceptors (Lipinski definition) is 5. The molecule has 6 nitrogen and oxygen atoms in total. The molecule has 1 N–H and O–H groups in total. The maximum Gasteiger partial charge on any atom is 0.331 e. The number of sulfonamides is 1. The highest BCUT2D eigenvalue weighted by molar-refractivity contribution is 8.00. The fourth-order valence-corrected chi connectivity index (χ4v) is 7.19. The zero-order chi connectivity index (χ0) is 24.2.